The number of hydrogen-bond donors (Lipinski definition) is 0. The molecular weight excluding hydrogens is 768 g/mol. The van der Waals surface area contributed by atoms with Gasteiger partial charge in [-0.15, -0.1) is 0 Å². The summed E-state index contributed by atoms with van der Waals surface area (Å²) in [6.45, 7) is 0. The molecule has 5 heteroatoms. The van der Waals surface area contributed by atoms with Gasteiger partial charge in [-0.05, 0) is 117 Å². The summed E-state index contributed by atoms with van der Waals surface area (Å²) in [5, 5.41) is 2.58. The standard InChI is InChI=1S/C18H12Br2O.C18H12Br2/c19-13-5-6-14(20)16-15(13)17-11-7-9-3-1-2-4-10(9)8-12(11)18(16)21-17;19-17-5-6-18(20)16-10-14-8-12-4-2-1-3-11(12)7-13(14)9-15(16)17/h1-6,17-18H,7-8H2;1-6,9-10H,7-8H2. The van der Waals surface area contributed by atoms with Gasteiger partial charge >= 0.3 is 0 Å². The van der Waals surface area contributed by atoms with Crippen LogP contribution in [0.5, 0.6) is 0 Å². The highest BCUT2D eigenvalue weighted by atomic mass is 79.9. The van der Waals surface area contributed by atoms with Gasteiger partial charge in [0.15, 0.2) is 0 Å². The summed E-state index contributed by atoms with van der Waals surface area (Å²) in [4.78, 5) is 0. The second-order valence-corrected chi connectivity index (χ2v) is 14.7. The average Bonchev–Trinajstić information content (AvgIpc) is 3.56. The van der Waals surface area contributed by atoms with E-state index in [0.717, 1.165) is 34.6 Å². The molecule has 2 atom stereocenters. The Morgan fingerprint density at radius 1 is 0.439 bits per heavy atom. The van der Waals surface area contributed by atoms with Gasteiger partial charge in [-0.1, -0.05) is 112 Å². The molecule has 41 heavy (non-hydrogen) atoms. The molecule has 4 aliphatic rings. The van der Waals surface area contributed by atoms with Crippen molar-refractivity contribution in [2.45, 2.75) is 37.9 Å². The minimum absolute atomic E-state index is 0.139. The summed E-state index contributed by atoms with van der Waals surface area (Å²) < 4.78 is 11.0. The Bertz CT molecular complexity index is 1800. The maximum atomic E-state index is 6.35. The van der Waals surface area contributed by atoms with Gasteiger partial charge in [-0.3, -0.25) is 0 Å². The van der Waals surface area contributed by atoms with E-state index in [-0.39, 0.29) is 12.2 Å². The van der Waals surface area contributed by atoms with E-state index in [4.69, 9.17) is 4.74 Å². The summed E-state index contributed by atoms with van der Waals surface area (Å²) in [5.74, 6) is 0. The van der Waals surface area contributed by atoms with Gasteiger partial charge in [-0.2, -0.15) is 0 Å². The van der Waals surface area contributed by atoms with Crippen LogP contribution in [0.15, 0.2) is 114 Å². The third-order valence-electron chi connectivity index (χ3n) is 9.01. The molecule has 9 rings (SSSR count). The molecule has 0 fully saturated rings. The molecule has 2 aliphatic heterocycles. The second kappa shape index (κ2) is 10.3. The number of benzene rings is 5. The predicted molar refractivity (Wildman–Crippen MR) is 181 cm³/mol. The lowest BCUT2D eigenvalue weighted by Crippen LogP contribution is -2.15. The molecule has 0 spiro atoms. The normalized spacial score (nSPS) is 19.1. The van der Waals surface area contributed by atoms with Crippen LogP contribution in [-0.4, -0.2) is 0 Å². The zero-order valence-corrected chi connectivity index (χ0v) is 28.3. The van der Waals surface area contributed by atoms with E-state index >= 15 is 0 Å². The van der Waals surface area contributed by atoms with Gasteiger partial charge in [0.25, 0.3) is 0 Å². The van der Waals surface area contributed by atoms with Crippen LogP contribution < -0.4 is 0 Å². The Hall–Kier alpha value is -2.02. The molecule has 2 unspecified atom stereocenters. The number of hydrogen-bond acceptors (Lipinski definition) is 1. The lowest BCUT2D eigenvalue weighted by Gasteiger charge is -2.26. The first-order valence-electron chi connectivity index (χ1n) is 13.8. The summed E-state index contributed by atoms with van der Waals surface area (Å²) >= 11 is 14.8. The predicted octanol–water partition coefficient (Wildman–Crippen LogP) is 11.3. The largest absolute Gasteiger partial charge is 0.357 e. The fourth-order valence-corrected chi connectivity index (χ4v) is 9.04. The van der Waals surface area contributed by atoms with Gasteiger partial charge < -0.3 is 4.74 Å². The molecule has 0 saturated heterocycles. The summed E-state index contributed by atoms with van der Waals surface area (Å²) in [7, 11) is 0. The van der Waals surface area contributed by atoms with Crippen LogP contribution in [0, 0.1) is 0 Å². The quantitative estimate of drug-likeness (QED) is 0.139. The molecule has 0 N–H and O–H groups in total. The van der Waals surface area contributed by atoms with Crippen molar-refractivity contribution >= 4 is 74.5 Å². The molecule has 5 aromatic carbocycles. The van der Waals surface area contributed by atoms with Crippen molar-refractivity contribution < 1.29 is 4.74 Å². The Labute approximate surface area is 273 Å². The molecule has 5 aromatic rings. The molecule has 0 saturated carbocycles. The smallest absolute Gasteiger partial charge is 0.107 e. The van der Waals surface area contributed by atoms with E-state index in [2.05, 4.69) is 149 Å². The molecule has 2 aliphatic carbocycles. The minimum atomic E-state index is 0.139. The number of fused-ring (bicyclic) bond motifs is 11. The molecular formula is C36H24Br4O. The zero-order chi connectivity index (χ0) is 27.8. The van der Waals surface area contributed by atoms with E-state index < -0.39 is 0 Å². The highest BCUT2D eigenvalue weighted by Crippen LogP contribution is 2.60. The van der Waals surface area contributed by atoms with Crippen molar-refractivity contribution in [3.05, 3.63) is 158 Å². The van der Waals surface area contributed by atoms with Gasteiger partial charge in [0.2, 0.25) is 0 Å². The SMILES string of the molecule is Brc1ccc(Br)c2c1C1OC2C2=C1Cc1ccccc1C2.Brc1ccc(Br)c2cc3c(cc12)Cc1ccccc1C3. The lowest BCUT2D eigenvalue weighted by molar-refractivity contribution is 0.0777. The highest BCUT2D eigenvalue weighted by molar-refractivity contribution is 9.11. The molecule has 202 valence electrons. The Morgan fingerprint density at radius 3 is 1.22 bits per heavy atom. The first-order valence-corrected chi connectivity index (χ1v) is 17.0. The topological polar surface area (TPSA) is 9.23 Å². The number of ether oxygens (including phenoxy) is 1. The van der Waals surface area contributed by atoms with E-state index in [1.807, 2.05) is 0 Å². The molecule has 2 bridgehead atoms. The van der Waals surface area contributed by atoms with Crippen molar-refractivity contribution in [2.24, 2.45) is 0 Å². The van der Waals surface area contributed by atoms with E-state index in [9.17, 15) is 0 Å². The van der Waals surface area contributed by atoms with Gasteiger partial charge in [-0.25, -0.2) is 0 Å². The van der Waals surface area contributed by atoms with Crippen LogP contribution in [-0.2, 0) is 30.4 Å². The highest BCUT2D eigenvalue weighted by Gasteiger charge is 2.47. The molecule has 0 radical (unpaired) electrons. The van der Waals surface area contributed by atoms with Crippen LogP contribution in [0.4, 0.5) is 0 Å². The molecule has 2 heterocycles. The van der Waals surface area contributed by atoms with Crippen molar-refractivity contribution in [2.75, 3.05) is 0 Å². The van der Waals surface area contributed by atoms with Gasteiger partial charge in [0.1, 0.15) is 12.2 Å². The molecule has 0 aromatic heterocycles. The fraction of sp³-hybridized carbons (Fsp3) is 0.167. The van der Waals surface area contributed by atoms with Crippen molar-refractivity contribution in [1.82, 2.24) is 0 Å². The van der Waals surface area contributed by atoms with Crippen LogP contribution in [0.2, 0.25) is 0 Å². The van der Waals surface area contributed by atoms with Crippen LogP contribution >= 0.6 is 63.7 Å². The summed E-state index contributed by atoms with van der Waals surface area (Å²) in [5.41, 5.74) is 14.4. The van der Waals surface area contributed by atoms with Crippen molar-refractivity contribution in [3.63, 3.8) is 0 Å². The summed E-state index contributed by atoms with van der Waals surface area (Å²) in [6, 6.07) is 30.7. The van der Waals surface area contributed by atoms with Crippen molar-refractivity contribution in [1.29, 1.82) is 0 Å². The van der Waals surface area contributed by atoms with Crippen LogP contribution in [0.1, 0.15) is 56.7 Å². The van der Waals surface area contributed by atoms with Gasteiger partial charge in [0.05, 0.1) is 0 Å². The first-order chi connectivity index (χ1) is 20.0. The monoisotopic (exact) mass is 788 g/mol. The van der Waals surface area contributed by atoms with Crippen molar-refractivity contribution in [3.8, 4) is 0 Å². The summed E-state index contributed by atoms with van der Waals surface area (Å²) in [6.07, 6.45) is 4.43. The van der Waals surface area contributed by atoms with Crippen LogP contribution in [0.25, 0.3) is 10.8 Å². The van der Waals surface area contributed by atoms with Crippen LogP contribution in [0.3, 0.4) is 0 Å². The van der Waals surface area contributed by atoms with E-state index in [1.165, 1.54) is 75.4 Å². The number of rotatable bonds is 0. The maximum absolute atomic E-state index is 6.35. The molecule has 1 nitrogen and oxygen atoms in total. The maximum Gasteiger partial charge on any atom is 0.107 e. The Balaban J connectivity index is 0.000000125. The Morgan fingerprint density at radius 2 is 0.805 bits per heavy atom. The molecule has 0 amide bonds. The first kappa shape index (κ1) is 26.6. The average molecular weight is 792 g/mol. The lowest BCUT2D eigenvalue weighted by atomic mass is 9.77. The Kier molecular flexibility index (Phi) is 6.69. The third-order valence-corrected chi connectivity index (χ3v) is 11.8. The third kappa shape index (κ3) is 4.38. The van der Waals surface area contributed by atoms with Gasteiger partial charge in [0, 0.05) is 29.0 Å². The van der Waals surface area contributed by atoms with E-state index in [1.54, 1.807) is 0 Å². The van der Waals surface area contributed by atoms with E-state index in [0.29, 0.717) is 0 Å². The number of halogens is 4. The second-order valence-electron chi connectivity index (χ2n) is 11.2. The zero-order valence-electron chi connectivity index (χ0n) is 22.0. The fourth-order valence-electron chi connectivity index (χ4n) is 7.02. The minimum Gasteiger partial charge on any atom is -0.357 e.